The van der Waals surface area contributed by atoms with E-state index in [1.54, 1.807) is 0 Å². The molecule has 0 aromatic heterocycles. The van der Waals surface area contributed by atoms with Crippen LogP contribution >= 0.6 is 0 Å². The second-order valence-corrected chi connectivity index (χ2v) is 5.38. The van der Waals surface area contributed by atoms with E-state index >= 15 is 0 Å². The Morgan fingerprint density at radius 2 is 2.44 bits per heavy atom. The van der Waals surface area contributed by atoms with Crippen LogP contribution in [0.15, 0.2) is 23.8 Å². The molecule has 2 atom stereocenters. The van der Waals surface area contributed by atoms with Crippen molar-refractivity contribution in [2.45, 2.75) is 6.42 Å². The predicted octanol–water partition coefficient (Wildman–Crippen LogP) is 0.348. The number of rotatable bonds is 1. The molecule has 4 nitrogen and oxygen atoms in total. The Kier molecular flexibility index (Phi) is 2.82. The number of hydrogen-bond donors (Lipinski definition) is 1. The summed E-state index contributed by atoms with van der Waals surface area (Å²) in [6.45, 7) is 3.05. The van der Waals surface area contributed by atoms with Gasteiger partial charge in [0.25, 0.3) is 0 Å². The Morgan fingerprint density at radius 3 is 3.17 bits per heavy atom. The van der Waals surface area contributed by atoms with Gasteiger partial charge in [-0.1, -0.05) is 12.2 Å². The molecule has 0 bridgehead atoms. The topological polar surface area (TPSA) is 41.3 Å². The number of carbonyl (C=O) groups is 1. The number of hydrogen-bond acceptors (Lipinski definition) is 2. The molecule has 3 aliphatic heterocycles. The van der Waals surface area contributed by atoms with Gasteiger partial charge in [0.1, 0.15) is 7.05 Å². The Bertz CT molecular complexity index is 464. The number of ether oxygens (including phenoxy) is 1. The standard InChI is InChI=1S/C14H18N2O2/c1-16-6-3-2-4-11(8-16)12-9-18-7-5-14(12)10-15-13(14)17/h2-4,8,12H,5-7,9-10H2,1H3/p+1/t12-,14?/m0/s1. The first-order valence-electron chi connectivity index (χ1n) is 6.50. The molecule has 2 saturated heterocycles. The van der Waals surface area contributed by atoms with E-state index in [0.29, 0.717) is 13.2 Å². The van der Waals surface area contributed by atoms with Gasteiger partial charge in [-0.3, -0.25) is 4.79 Å². The zero-order chi connectivity index (χ0) is 12.6. The molecule has 3 rings (SSSR count). The van der Waals surface area contributed by atoms with Gasteiger partial charge < -0.3 is 10.1 Å². The highest BCUT2D eigenvalue weighted by Gasteiger charge is 2.54. The van der Waals surface area contributed by atoms with Crippen molar-refractivity contribution in [2.24, 2.45) is 11.3 Å². The number of allylic oxidation sites excluding steroid dienone is 2. The molecule has 4 heteroatoms. The van der Waals surface area contributed by atoms with Crippen molar-refractivity contribution in [3.8, 4) is 0 Å². The van der Waals surface area contributed by atoms with Gasteiger partial charge in [0.2, 0.25) is 5.91 Å². The quantitative estimate of drug-likeness (QED) is 0.536. The van der Waals surface area contributed by atoms with E-state index in [1.165, 1.54) is 5.57 Å². The van der Waals surface area contributed by atoms with Crippen LogP contribution in [0, 0.1) is 11.3 Å². The number of β-lactam (4-membered cyclic amide) rings is 1. The van der Waals surface area contributed by atoms with Crippen molar-refractivity contribution < 1.29 is 14.1 Å². The summed E-state index contributed by atoms with van der Waals surface area (Å²) in [5.74, 6) is 0.381. The van der Waals surface area contributed by atoms with Crippen molar-refractivity contribution in [3.05, 3.63) is 23.8 Å². The molecule has 1 unspecified atom stereocenters. The summed E-state index contributed by atoms with van der Waals surface area (Å²) in [5, 5.41) is 2.90. The largest absolute Gasteiger partial charge is 0.381 e. The average Bonchev–Trinajstić information content (AvgIpc) is 2.61. The molecule has 0 aliphatic carbocycles. The highest BCUT2D eigenvalue weighted by molar-refractivity contribution is 5.91. The van der Waals surface area contributed by atoms with Gasteiger partial charge in [0.15, 0.2) is 12.8 Å². The monoisotopic (exact) mass is 247 g/mol. The first kappa shape index (κ1) is 11.7. The Labute approximate surface area is 107 Å². The van der Waals surface area contributed by atoms with Gasteiger partial charge in [0, 0.05) is 24.6 Å². The van der Waals surface area contributed by atoms with Crippen LogP contribution in [-0.2, 0) is 9.53 Å². The van der Waals surface area contributed by atoms with Crippen molar-refractivity contribution in [3.63, 3.8) is 0 Å². The Hall–Kier alpha value is -1.42. The number of nitrogens with zero attached hydrogens (tertiary/aromatic N) is 1. The van der Waals surface area contributed by atoms with Crippen molar-refractivity contribution in [1.82, 2.24) is 5.32 Å². The van der Waals surface area contributed by atoms with E-state index in [9.17, 15) is 4.79 Å². The maximum Gasteiger partial charge on any atom is 0.228 e. The lowest BCUT2D eigenvalue weighted by molar-refractivity contribution is -0.481. The second-order valence-electron chi connectivity index (χ2n) is 5.38. The molecule has 96 valence electrons. The fourth-order valence-corrected chi connectivity index (χ4v) is 3.04. The Morgan fingerprint density at radius 1 is 1.56 bits per heavy atom. The highest BCUT2D eigenvalue weighted by atomic mass is 16.5. The van der Waals surface area contributed by atoms with E-state index in [0.717, 1.165) is 19.5 Å². The van der Waals surface area contributed by atoms with E-state index in [-0.39, 0.29) is 17.2 Å². The van der Waals surface area contributed by atoms with Gasteiger partial charge in [-0.15, -0.1) is 0 Å². The predicted molar refractivity (Wildman–Crippen MR) is 68.7 cm³/mol. The summed E-state index contributed by atoms with van der Waals surface area (Å²) in [5.41, 5.74) is 0.986. The van der Waals surface area contributed by atoms with Gasteiger partial charge in [-0.25, -0.2) is 4.58 Å². The fraction of sp³-hybridized carbons (Fsp3) is 0.571. The molecule has 0 aromatic rings. The summed E-state index contributed by atoms with van der Waals surface area (Å²) >= 11 is 0. The molecule has 3 aliphatic rings. The minimum Gasteiger partial charge on any atom is -0.381 e. The number of likely N-dealkylation sites (N-methyl/N-ethyl adjacent to an activating group) is 1. The fourth-order valence-electron chi connectivity index (χ4n) is 3.04. The molecule has 2 fully saturated rings. The molecular formula is C14H19N2O2+. The van der Waals surface area contributed by atoms with Crippen molar-refractivity contribution in [2.75, 3.05) is 33.4 Å². The van der Waals surface area contributed by atoms with Gasteiger partial charge in [-0.05, 0) is 12.5 Å². The van der Waals surface area contributed by atoms with E-state index < -0.39 is 0 Å². The summed E-state index contributed by atoms with van der Waals surface area (Å²) in [7, 11) is 2.06. The van der Waals surface area contributed by atoms with Gasteiger partial charge >= 0.3 is 0 Å². The molecule has 18 heavy (non-hydrogen) atoms. The van der Waals surface area contributed by atoms with Crippen molar-refractivity contribution >= 4 is 12.1 Å². The number of carbonyl (C=O) groups excluding carboxylic acids is 1. The third-order valence-corrected chi connectivity index (χ3v) is 4.25. The first-order chi connectivity index (χ1) is 8.72. The summed E-state index contributed by atoms with van der Waals surface area (Å²) in [4.78, 5) is 12.0. The van der Waals surface area contributed by atoms with Crippen LogP contribution in [0.1, 0.15) is 6.42 Å². The van der Waals surface area contributed by atoms with Crippen LogP contribution in [-0.4, -0.2) is 50.0 Å². The summed E-state index contributed by atoms with van der Waals surface area (Å²) in [6.07, 6.45) is 9.31. The minimum atomic E-state index is -0.223. The maximum atomic E-state index is 12.0. The summed E-state index contributed by atoms with van der Waals surface area (Å²) < 4.78 is 7.75. The van der Waals surface area contributed by atoms with Crippen LogP contribution in [0.4, 0.5) is 0 Å². The van der Waals surface area contributed by atoms with Crippen LogP contribution < -0.4 is 5.32 Å². The van der Waals surface area contributed by atoms with Crippen LogP contribution in [0.5, 0.6) is 0 Å². The van der Waals surface area contributed by atoms with E-state index in [4.69, 9.17) is 4.74 Å². The Balaban J connectivity index is 1.94. The maximum absolute atomic E-state index is 12.0. The molecule has 1 spiro atoms. The third-order valence-electron chi connectivity index (χ3n) is 4.25. The lowest BCUT2D eigenvalue weighted by Gasteiger charge is -2.48. The molecule has 3 heterocycles. The molecule has 0 aromatic carbocycles. The minimum absolute atomic E-state index is 0.185. The summed E-state index contributed by atoms with van der Waals surface area (Å²) in [6, 6.07) is 0. The zero-order valence-electron chi connectivity index (χ0n) is 10.7. The third kappa shape index (κ3) is 1.72. The zero-order valence-corrected chi connectivity index (χ0v) is 10.7. The normalized spacial score (nSPS) is 35.4. The number of amides is 1. The van der Waals surface area contributed by atoms with Crippen molar-refractivity contribution in [1.29, 1.82) is 0 Å². The van der Waals surface area contributed by atoms with E-state index in [2.05, 4.69) is 41.4 Å². The molecule has 0 radical (unpaired) electrons. The highest BCUT2D eigenvalue weighted by Crippen LogP contribution is 2.43. The van der Waals surface area contributed by atoms with Crippen LogP contribution in [0.25, 0.3) is 0 Å². The van der Waals surface area contributed by atoms with Gasteiger partial charge in [-0.2, -0.15) is 0 Å². The SMILES string of the molecule is C[N+]1=CC([C@@H]2COCCC23CNC3=O)=CC=CC1. The van der Waals surface area contributed by atoms with E-state index in [1.807, 2.05) is 0 Å². The number of nitrogens with one attached hydrogen (secondary N) is 1. The van der Waals surface area contributed by atoms with Crippen LogP contribution in [0.3, 0.4) is 0 Å². The van der Waals surface area contributed by atoms with Gasteiger partial charge in [0.05, 0.1) is 12.0 Å². The first-order valence-corrected chi connectivity index (χ1v) is 6.50. The second kappa shape index (κ2) is 4.35. The lowest BCUT2D eigenvalue weighted by Crippen LogP contribution is -2.65. The molecular weight excluding hydrogens is 228 g/mol. The smallest absolute Gasteiger partial charge is 0.228 e. The average molecular weight is 247 g/mol. The molecule has 0 saturated carbocycles. The van der Waals surface area contributed by atoms with Crippen LogP contribution in [0.2, 0.25) is 0 Å². The lowest BCUT2D eigenvalue weighted by atomic mass is 9.64. The molecule has 1 N–H and O–H groups in total. The molecule has 1 amide bonds.